The number of benzene rings is 2. The van der Waals surface area contributed by atoms with Gasteiger partial charge in [0.2, 0.25) is 0 Å². The summed E-state index contributed by atoms with van der Waals surface area (Å²) in [5.41, 5.74) is 3.27. The number of anilines is 3. The molecule has 3 heterocycles. The lowest BCUT2D eigenvalue weighted by Gasteiger charge is -2.24. The average Bonchev–Trinajstić information content (AvgIpc) is 3.00. The molecule has 2 aromatic heterocycles. The maximum absolute atomic E-state index is 14.8. The summed E-state index contributed by atoms with van der Waals surface area (Å²) in [6, 6.07) is 14.4. The number of amides is 1. The second kappa shape index (κ2) is 14.3. The number of fused-ring (bicyclic) bond motifs is 1. The number of hydrogen-bond donors (Lipinski definition) is 2. The van der Waals surface area contributed by atoms with E-state index in [9.17, 15) is 9.18 Å². The predicted molar refractivity (Wildman–Crippen MR) is 167 cm³/mol. The van der Waals surface area contributed by atoms with Gasteiger partial charge in [-0.2, -0.15) is 0 Å². The minimum atomic E-state index is -0.842. The quantitative estimate of drug-likeness (QED) is 0.177. The Morgan fingerprint density at radius 1 is 1.07 bits per heavy atom. The minimum absolute atomic E-state index is 0.287. The summed E-state index contributed by atoms with van der Waals surface area (Å²) >= 11 is 6.53. The molecular formula is C32H34ClFN6O3. The van der Waals surface area contributed by atoms with Gasteiger partial charge >= 0.3 is 0 Å². The fourth-order valence-electron chi connectivity index (χ4n) is 4.85. The average molecular weight is 605 g/mol. The molecule has 224 valence electrons. The number of hydrogen-bond acceptors (Lipinski definition) is 8. The Labute approximate surface area is 255 Å². The van der Waals surface area contributed by atoms with E-state index in [-0.39, 0.29) is 6.61 Å². The van der Waals surface area contributed by atoms with E-state index in [1.165, 1.54) is 18.8 Å². The molecule has 2 aromatic carbocycles. The zero-order valence-electron chi connectivity index (χ0n) is 24.2. The normalized spacial score (nSPS) is 14.0. The van der Waals surface area contributed by atoms with Crippen molar-refractivity contribution in [1.29, 1.82) is 0 Å². The van der Waals surface area contributed by atoms with Crippen LogP contribution in [-0.2, 0) is 11.4 Å². The molecule has 4 aromatic rings. The fourth-order valence-corrected chi connectivity index (χ4v) is 5.08. The highest BCUT2D eigenvalue weighted by Gasteiger charge is 2.17. The van der Waals surface area contributed by atoms with Crippen LogP contribution in [0.2, 0.25) is 5.02 Å². The molecule has 0 spiro atoms. The number of likely N-dealkylation sites (tertiary alicyclic amines) is 1. The van der Waals surface area contributed by atoms with Crippen molar-refractivity contribution in [1.82, 2.24) is 19.9 Å². The number of carbonyl (C=O) groups excluding carboxylic acids is 1. The zero-order chi connectivity index (χ0) is 30.2. The first-order valence-electron chi connectivity index (χ1n) is 14.3. The van der Waals surface area contributed by atoms with Crippen LogP contribution >= 0.6 is 11.6 Å². The Balaban J connectivity index is 1.33. The van der Waals surface area contributed by atoms with Crippen molar-refractivity contribution in [2.75, 3.05) is 36.9 Å². The standard InChI is InChI=1S/C32H34ClFN6O3/c1-3-42-30-18-27-24(17-28(30)39-32(41)26(34)12-15-40-13-5-4-6-14-40)31(36-20-35-27)38-22-10-11-29(25(33)16-22)43-19-23-9-7-8-21(2)37-23/h7-12,16-18,20H,3-6,13-15,19H2,1-2H3,(H,39,41)(H,35,36,38)/b26-12-. The van der Waals surface area contributed by atoms with Crippen LogP contribution in [0.3, 0.4) is 0 Å². The van der Waals surface area contributed by atoms with E-state index in [2.05, 4.69) is 30.5 Å². The topological polar surface area (TPSA) is 102 Å². The van der Waals surface area contributed by atoms with Crippen molar-refractivity contribution in [3.8, 4) is 11.5 Å². The van der Waals surface area contributed by atoms with Crippen LogP contribution in [0.5, 0.6) is 11.5 Å². The monoisotopic (exact) mass is 604 g/mol. The molecule has 5 rings (SSSR count). The third kappa shape index (κ3) is 7.97. The Hall–Kier alpha value is -4.28. The highest BCUT2D eigenvalue weighted by atomic mass is 35.5. The number of halogens is 2. The van der Waals surface area contributed by atoms with E-state index in [0.29, 0.717) is 57.8 Å². The van der Waals surface area contributed by atoms with Gasteiger partial charge in [-0.05, 0) is 82.3 Å². The molecule has 1 saturated heterocycles. The molecule has 1 amide bonds. The maximum Gasteiger partial charge on any atom is 0.284 e. The van der Waals surface area contributed by atoms with E-state index in [1.54, 1.807) is 24.3 Å². The van der Waals surface area contributed by atoms with Crippen LogP contribution in [0.25, 0.3) is 10.9 Å². The zero-order valence-corrected chi connectivity index (χ0v) is 25.0. The number of rotatable bonds is 11. The molecule has 0 atom stereocenters. The maximum atomic E-state index is 14.8. The van der Waals surface area contributed by atoms with Gasteiger partial charge in [0.15, 0.2) is 5.83 Å². The second-order valence-corrected chi connectivity index (χ2v) is 10.6. The number of pyridine rings is 1. The summed E-state index contributed by atoms with van der Waals surface area (Å²) in [7, 11) is 0. The van der Waals surface area contributed by atoms with Gasteiger partial charge in [0.25, 0.3) is 5.91 Å². The molecule has 9 nitrogen and oxygen atoms in total. The fraction of sp³-hybridized carbons (Fsp3) is 0.312. The summed E-state index contributed by atoms with van der Waals surface area (Å²) in [5.74, 6) is -0.314. The molecule has 0 unspecified atom stereocenters. The van der Waals surface area contributed by atoms with E-state index >= 15 is 0 Å². The molecule has 11 heteroatoms. The lowest BCUT2D eigenvalue weighted by Crippen LogP contribution is -2.30. The summed E-state index contributed by atoms with van der Waals surface area (Å²) in [4.78, 5) is 28.1. The summed E-state index contributed by atoms with van der Waals surface area (Å²) in [5, 5.41) is 6.93. The summed E-state index contributed by atoms with van der Waals surface area (Å²) < 4.78 is 26.4. The molecule has 1 aliphatic rings. The van der Waals surface area contributed by atoms with Gasteiger partial charge in [-0.15, -0.1) is 0 Å². The summed E-state index contributed by atoms with van der Waals surface area (Å²) in [6.45, 7) is 6.61. The molecule has 43 heavy (non-hydrogen) atoms. The Morgan fingerprint density at radius 2 is 1.91 bits per heavy atom. The van der Waals surface area contributed by atoms with E-state index in [4.69, 9.17) is 21.1 Å². The lowest BCUT2D eigenvalue weighted by molar-refractivity contribution is -0.114. The SMILES string of the molecule is CCOc1cc2ncnc(Nc3ccc(OCc4cccc(C)n4)c(Cl)c3)c2cc1NC(=O)/C(F)=C/CN1CCCCC1. The van der Waals surface area contributed by atoms with E-state index in [1.807, 2.05) is 38.1 Å². The summed E-state index contributed by atoms with van der Waals surface area (Å²) in [6.07, 6.45) is 6.11. The van der Waals surface area contributed by atoms with Crippen LogP contribution in [-0.4, -0.2) is 52.0 Å². The van der Waals surface area contributed by atoms with E-state index < -0.39 is 11.7 Å². The van der Waals surface area contributed by atoms with Crippen LogP contribution in [0.4, 0.5) is 21.6 Å². The number of carbonyl (C=O) groups is 1. The van der Waals surface area contributed by atoms with Gasteiger partial charge in [0, 0.05) is 29.4 Å². The van der Waals surface area contributed by atoms with Crippen LogP contribution in [0.1, 0.15) is 37.6 Å². The number of piperidine rings is 1. The van der Waals surface area contributed by atoms with Gasteiger partial charge in [0.1, 0.15) is 30.3 Å². The number of aromatic nitrogens is 3. The number of nitrogens with zero attached hydrogens (tertiary/aromatic N) is 4. The van der Waals surface area contributed by atoms with Crippen molar-refractivity contribution < 1.29 is 18.7 Å². The van der Waals surface area contributed by atoms with Crippen molar-refractivity contribution in [3.05, 3.63) is 83.2 Å². The van der Waals surface area contributed by atoms with E-state index in [0.717, 1.165) is 37.3 Å². The lowest BCUT2D eigenvalue weighted by atomic mass is 10.1. The van der Waals surface area contributed by atoms with Gasteiger partial charge < -0.3 is 20.1 Å². The minimum Gasteiger partial charge on any atom is -0.492 e. The smallest absolute Gasteiger partial charge is 0.284 e. The van der Waals surface area contributed by atoms with Gasteiger partial charge in [-0.3, -0.25) is 14.7 Å². The van der Waals surface area contributed by atoms with Crippen molar-refractivity contribution in [2.24, 2.45) is 0 Å². The third-order valence-electron chi connectivity index (χ3n) is 7.00. The van der Waals surface area contributed by atoms with Crippen LogP contribution < -0.4 is 20.1 Å². The first-order chi connectivity index (χ1) is 20.9. The van der Waals surface area contributed by atoms with Gasteiger partial charge in [-0.1, -0.05) is 24.1 Å². The van der Waals surface area contributed by atoms with Crippen molar-refractivity contribution in [3.63, 3.8) is 0 Å². The first kappa shape index (κ1) is 30.2. The van der Waals surface area contributed by atoms with Gasteiger partial charge in [-0.25, -0.2) is 14.4 Å². The van der Waals surface area contributed by atoms with Crippen LogP contribution in [0, 0.1) is 6.92 Å². The Bertz CT molecular complexity index is 1630. The van der Waals surface area contributed by atoms with Crippen molar-refractivity contribution in [2.45, 2.75) is 39.7 Å². The number of nitrogens with one attached hydrogen (secondary N) is 2. The Kier molecular flexibility index (Phi) is 10.0. The highest BCUT2D eigenvalue weighted by Crippen LogP contribution is 2.35. The van der Waals surface area contributed by atoms with Gasteiger partial charge in [0.05, 0.1) is 28.5 Å². The molecule has 0 saturated carbocycles. The molecular weight excluding hydrogens is 571 g/mol. The molecule has 0 aliphatic carbocycles. The molecule has 1 aliphatic heterocycles. The number of ether oxygens (including phenoxy) is 2. The molecule has 2 N–H and O–H groups in total. The highest BCUT2D eigenvalue weighted by molar-refractivity contribution is 6.32. The largest absolute Gasteiger partial charge is 0.492 e. The second-order valence-electron chi connectivity index (χ2n) is 10.2. The number of aryl methyl sites for hydroxylation is 1. The third-order valence-corrected chi connectivity index (χ3v) is 7.29. The molecule has 1 fully saturated rings. The molecule has 0 radical (unpaired) electrons. The predicted octanol–water partition coefficient (Wildman–Crippen LogP) is 6.99. The van der Waals surface area contributed by atoms with Crippen molar-refractivity contribution >= 4 is 45.6 Å². The van der Waals surface area contributed by atoms with Crippen LogP contribution in [0.15, 0.2) is 66.8 Å². The first-order valence-corrected chi connectivity index (χ1v) is 14.7. The molecule has 0 bridgehead atoms. The Morgan fingerprint density at radius 3 is 2.67 bits per heavy atom.